The Morgan fingerprint density at radius 3 is 1.90 bits per heavy atom. The van der Waals surface area contributed by atoms with E-state index in [0.29, 0.717) is 18.4 Å². The topological polar surface area (TPSA) is 9.23 Å². The summed E-state index contributed by atoms with van der Waals surface area (Å²) in [6, 6.07) is 7.38. The predicted octanol–water partition coefficient (Wildman–Crippen LogP) is 9.87. The van der Waals surface area contributed by atoms with Crippen LogP contribution in [-0.2, 0) is 30.5 Å². The van der Waals surface area contributed by atoms with E-state index in [4.69, 9.17) is 4.74 Å². The molecule has 0 fully saturated rings. The molecule has 1 aliphatic carbocycles. The maximum atomic E-state index is 15.6. The fourth-order valence-electron chi connectivity index (χ4n) is 4.95. The zero-order chi connectivity index (χ0) is 28.8. The van der Waals surface area contributed by atoms with Crippen molar-refractivity contribution in [1.82, 2.24) is 0 Å². The molecule has 0 aromatic heterocycles. The molecule has 210 valence electrons. The molecule has 3 aromatic carbocycles. The fourth-order valence-corrected chi connectivity index (χ4v) is 4.95. The lowest BCUT2D eigenvalue weighted by molar-refractivity contribution is -0.228. The van der Waals surface area contributed by atoms with Gasteiger partial charge in [-0.15, -0.1) is 0 Å². The van der Waals surface area contributed by atoms with Crippen molar-refractivity contribution in [2.45, 2.75) is 77.0 Å². The first-order valence-electron chi connectivity index (χ1n) is 12.9. The van der Waals surface area contributed by atoms with Gasteiger partial charge in [-0.1, -0.05) is 57.4 Å². The summed E-state index contributed by atoms with van der Waals surface area (Å²) in [6.45, 7) is 4.49. The molecule has 0 bridgehead atoms. The highest BCUT2D eigenvalue weighted by Gasteiger charge is 2.65. The number of alkyl halides is 5. The summed E-state index contributed by atoms with van der Waals surface area (Å²) in [6.07, 6.45) is 3.38. The quantitative estimate of drug-likeness (QED) is 0.188. The summed E-state index contributed by atoms with van der Waals surface area (Å²) in [5, 5.41) is 0. The average Bonchev–Trinajstić information content (AvgIpc) is 2.86. The van der Waals surface area contributed by atoms with Crippen LogP contribution in [0.3, 0.4) is 0 Å². The number of unbranched alkanes of at least 4 members (excludes halogenated alkanes) is 2. The Hall–Kier alpha value is -3.10. The van der Waals surface area contributed by atoms with Crippen molar-refractivity contribution >= 4 is 0 Å². The van der Waals surface area contributed by atoms with Gasteiger partial charge in [-0.05, 0) is 59.7 Å². The van der Waals surface area contributed by atoms with E-state index in [1.54, 1.807) is 6.92 Å². The molecule has 1 nitrogen and oxygen atoms in total. The minimum atomic E-state index is -5.18. The second-order valence-corrected chi connectivity index (χ2v) is 9.94. The number of hydrogen-bond acceptors (Lipinski definition) is 1. The number of rotatable bonds is 9. The molecule has 0 amide bonds. The standard InChI is InChI=1S/C30H28F8O/c1-4-6-7-9-17-10-12-19(16-22(17)31)28(3,34)39-23-15-14-21-20-13-11-18(8-5-2)26(32)24(20)29(35,36)30(37,38)25(21)27(23)33/h10-16H,4-9H2,1-3H3/t28-/m0/s1. The lowest BCUT2D eigenvalue weighted by Crippen LogP contribution is -2.41. The van der Waals surface area contributed by atoms with E-state index in [1.807, 2.05) is 6.92 Å². The van der Waals surface area contributed by atoms with Crippen LogP contribution in [0, 0.1) is 17.5 Å². The molecule has 0 spiro atoms. The first-order chi connectivity index (χ1) is 18.3. The maximum absolute atomic E-state index is 15.6. The normalized spacial score (nSPS) is 16.8. The first kappa shape index (κ1) is 28.9. The van der Waals surface area contributed by atoms with Crippen LogP contribution >= 0.6 is 0 Å². The van der Waals surface area contributed by atoms with Gasteiger partial charge in [0.15, 0.2) is 11.6 Å². The van der Waals surface area contributed by atoms with E-state index in [9.17, 15) is 4.39 Å². The Balaban J connectivity index is 1.76. The Kier molecular flexibility index (Phi) is 7.76. The molecule has 0 radical (unpaired) electrons. The second kappa shape index (κ2) is 10.5. The third-order valence-electron chi connectivity index (χ3n) is 7.08. The molecule has 0 heterocycles. The monoisotopic (exact) mass is 556 g/mol. The van der Waals surface area contributed by atoms with Gasteiger partial charge in [-0.3, -0.25) is 0 Å². The molecular weight excluding hydrogens is 528 g/mol. The minimum absolute atomic E-state index is 0.0458. The van der Waals surface area contributed by atoms with Crippen molar-refractivity contribution in [2.24, 2.45) is 0 Å². The van der Waals surface area contributed by atoms with Crippen LogP contribution in [0.2, 0.25) is 0 Å². The van der Waals surface area contributed by atoms with Crippen molar-refractivity contribution < 1.29 is 39.9 Å². The molecule has 0 N–H and O–H groups in total. The van der Waals surface area contributed by atoms with Crippen LogP contribution in [0.5, 0.6) is 5.75 Å². The van der Waals surface area contributed by atoms with Crippen LogP contribution in [0.4, 0.5) is 35.1 Å². The minimum Gasteiger partial charge on any atom is -0.451 e. The molecule has 1 atom stereocenters. The van der Waals surface area contributed by atoms with Gasteiger partial charge in [0.1, 0.15) is 11.6 Å². The zero-order valence-corrected chi connectivity index (χ0v) is 21.7. The highest BCUT2D eigenvalue weighted by Crippen LogP contribution is 2.60. The van der Waals surface area contributed by atoms with Gasteiger partial charge in [-0.2, -0.15) is 22.0 Å². The van der Waals surface area contributed by atoms with E-state index in [2.05, 4.69) is 0 Å². The number of benzene rings is 3. The van der Waals surface area contributed by atoms with E-state index in [-0.39, 0.29) is 17.5 Å². The summed E-state index contributed by atoms with van der Waals surface area (Å²) in [7, 11) is 0. The van der Waals surface area contributed by atoms with E-state index in [0.717, 1.165) is 50.5 Å². The van der Waals surface area contributed by atoms with E-state index >= 15 is 30.7 Å². The number of ether oxygens (including phenoxy) is 1. The summed E-state index contributed by atoms with van der Waals surface area (Å²) in [4.78, 5) is 0. The van der Waals surface area contributed by atoms with Crippen molar-refractivity contribution in [3.8, 4) is 16.9 Å². The van der Waals surface area contributed by atoms with E-state index < -0.39 is 63.2 Å². The molecular formula is C30H28F8O. The van der Waals surface area contributed by atoms with Crippen molar-refractivity contribution in [2.75, 3.05) is 0 Å². The first-order valence-corrected chi connectivity index (χ1v) is 12.9. The smallest absolute Gasteiger partial charge is 0.343 e. The molecule has 3 aromatic rings. The van der Waals surface area contributed by atoms with Gasteiger partial charge >= 0.3 is 11.8 Å². The Labute approximate surface area is 221 Å². The third-order valence-corrected chi connectivity index (χ3v) is 7.08. The SMILES string of the molecule is CCCCCc1ccc([C@@](C)(F)Oc2ccc3c(c2F)C(F)(F)C(F)(F)c2c-3ccc(CCC)c2F)cc1F. The fraction of sp³-hybridized carbons (Fsp3) is 0.400. The van der Waals surface area contributed by atoms with Crippen molar-refractivity contribution in [1.29, 1.82) is 0 Å². The van der Waals surface area contributed by atoms with Crippen LogP contribution in [-0.4, -0.2) is 0 Å². The number of hydrogen-bond donors (Lipinski definition) is 0. The lowest BCUT2D eigenvalue weighted by atomic mass is 9.78. The van der Waals surface area contributed by atoms with Crippen LogP contribution in [0.1, 0.15) is 74.3 Å². The average molecular weight is 557 g/mol. The van der Waals surface area contributed by atoms with Gasteiger partial charge in [0, 0.05) is 12.5 Å². The summed E-state index contributed by atoms with van der Waals surface area (Å²) < 4.78 is 126. The number of fused-ring (bicyclic) bond motifs is 3. The van der Waals surface area contributed by atoms with Crippen molar-refractivity contribution in [3.05, 3.63) is 87.7 Å². The highest BCUT2D eigenvalue weighted by atomic mass is 19.3. The van der Waals surface area contributed by atoms with Gasteiger partial charge in [0.25, 0.3) is 5.85 Å². The Morgan fingerprint density at radius 2 is 1.31 bits per heavy atom. The van der Waals surface area contributed by atoms with Crippen LogP contribution < -0.4 is 4.74 Å². The Bertz CT molecular complexity index is 1380. The highest BCUT2D eigenvalue weighted by molar-refractivity contribution is 5.77. The lowest BCUT2D eigenvalue weighted by Gasteiger charge is -2.36. The molecule has 1 aliphatic rings. The van der Waals surface area contributed by atoms with Gasteiger partial charge < -0.3 is 4.74 Å². The van der Waals surface area contributed by atoms with Crippen molar-refractivity contribution in [3.63, 3.8) is 0 Å². The maximum Gasteiger partial charge on any atom is 0.343 e. The molecule has 0 unspecified atom stereocenters. The zero-order valence-electron chi connectivity index (χ0n) is 21.7. The molecule has 9 heteroatoms. The van der Waals surface area contributed by atoms with E-state index in [1.165, 1.54) is 18.2 Å². The second-order valence-electron chi connectivity index (χ2n) is 9.94. The molecule has 0 saturated carbocycles. The summed E-state index contributed by atoms with van der Waals surface area (Å²) in [5.41, 5.74) is -4.66. The van der Waals surface area contributed by atoms with Crippen LogP contribution in [0.15, 0.2) is 42.5 Å². The number of halogens is 8. The Morgan fingerprint density at radius 1 is 0.718 bits per heavy atom. The summed E-state index contributed by atoms with van der Waals surface area (Å²) in [5.74, 6) is -18.4. The van der Waals surface area contributed by atoms with Crippen LogP contribution in [0.25, 0.3) is 11.1 Å². The molecule has 0 saturated heterocycles. The molecule has 0 aliphatic heterocycles. The molecule has 39 heavy (non-hydrogen) atoms. The molecule has 4 rings (SSSR count). The van der Waals surface area contributed by atoms with Gasteiger partial charge in [-0.25, -0.2) is 13.2 Å². The predicted molar refractivity (Wildman–Crippen MR) is 132 cm³/mol. The van der Waals surface area contributed by atoms with Gasteiger partial charge in [0.2, 0.25) is 0 Å². The van der Waals surface area contributed by atoms with Gasteiger partial charge in [0.05, 0.1) is 11.1 Å². The summed E-state index contributed by atoms with van der Waals surface area (Å²) >= 11 is 0. The third kappa shape index (κ3) is 4.89. The number of aryl methyl sites for hydroxylation is 2. The largest absolute Gasteiger partial charge is 0.451 e.